The van der Waals surface area contributed by atoms with Crippen LogP contribution in [0.15, 0.2) is 104 Å². The largest absolute Gasteiger partial charge is 1.00 e. The first-order valence-electron chi connectivity index (χ1n) is 9.92. The molecule has 0 saturated heterocycles. The van der Waals surface area contributed by atoms with Crippen molar-refractivity contribution in [3.05, 3.63) is 84.4 Å². The van der Waals surface area contributed by atoms with Gasteiger partial charge < -0.3 is 6.16 Å². The van der Waals surface area contributed by atoms with Gasteiger partial charge in [0.25, 0.3) is 10.1 Å². The van der Waals surface area contributed by atoms with Gasteiger partial charge in [-0.1, -0.05) is 30.3 Å². The SMILES string of the molecule is COc1ccc(C)cc1N=Nc1ccc(N=Nc2ccccc2)c2cc(S(=O)(=O)O)ccc12.[H-].[Na+]. The molecule has 1 N–H and O–H groups in total. The van der Waals surface area contributed by atoms with E-state index in [2.05, 4.69) is 20.5 Å². The average Bonchev–Trinajstić information content (AvgIpc) is 2.81. The van der Waals surface area contributed by atoms with Crippen LogP contribution in [0.5, 0.6) is 5.75 Å². The predicted octanol–water partition coefficient (Wildman–Crippen LogP) is 4.35. The number of hydrogen-bond donors (Lipinski definition) is 1. The van der Waals surface area contributed by atoms with E-state index in [1.54, 1.807) is 37.4 Å². The molecule has 0 spiro atoms. The summed E-state index contributed by atoms with van der Waals surface area (Å²) in [6.07, 6.45) is 0. The van der Waals surface area contributed by atoms with Crippen LogP contribution in [0.2, 0.25) is 0 Å². The summed E-state index contributed by atoms with van der Waals surface area (Å²) in [4.78, 5) is -0.249. The first-order chi connectivity index (χ1) is 15.8. The smallest absolute Gasteiger partial charge is 1.00 e. The van der Waals surface area contributed by atoms with E-state index in [0.29, 0.717) is 39.3 Å². The van der Waals surface area contributed by atoms with Crippen LogP contribution in [0.25, 0.3) is 10.8 Å². The zero-order valence-corrected chi connectivity index (χ0v) is 21.7. The molecule has 0 fully saturated rings. The number of ether oxygens (including phenoxy) is 1. The van der Waals surface area contributed by atoms with E-state index in [4.69, 9.17) is 4.74 Å². The molecule has 8 nitrogen and oxygen atoms in total. The monoisotopic (exact) mass is 484 g/mol. The minimum Gasteiger partial charge on any atom is -1.00 e. The van der Waals surface area contributed by atoms with Crippen molar-refractivity contribution in [3.8, 4) is 5.75 Å². The van der Waals surface area contributed by atoms with Gasteiger partial charge in [0.2, 0.25) is 0 Å². The number of methoxy groups -OCH3 is 1. The number of benzene rings is 4. The van der Waals surface area contributed by atoms with Crippen molar-refractivity contribution in [2.75, 3.05) is 7.11 Å². The summed E-state index contributed by atoms with van der Waals surface area (Å²) in [5, 5.41) is 18.3. The van der Waals surface area contributed by atoms with Crippen molar-refractivity contribution < 1.29 is 48.7 Å². The van der Waals surface area contributed by atoms with Gasteiger partial charge in [0, 0.05) is 10.8 Å². The summed E-state index contributed by atoms with van der Waals surface area (Å²) in [6.45, 7) is 1.94. The third-order valence-corrected chi connectivity index (χ3v) is 5.72. The molecule has 4 rings (SSSR count). The van der Waals surface area contributed by atoms with Crippen LogP contribution >= 0.6 is 0 Å². The van der Waals surface area contributed by atoms with Gasteiger partial charge >= 0.3 is 29.6 Å². The Balaban J connectivity index is 0.00000216. The maximum Gasteiger partial charge on any atom is 1.00 e. The number of aryl methyl sites for hydroxylation is 1. The molecule has 4 aromatic rings. The summed E-state index contributed by atoms with van der Waals surface area (Å²) in [7, 11) is -2.84. The molecule has 0 radical (unpaired) electrons. The van der Waals surface area contributed by atoms with Crippen molar-refractivity contribution in [1.82, 2.24) is 0 Å². The Kier molecular flexibility index (Phi) is 8.29. The van der Waals surface area contributed by atoms with E-state index in [-0.39, 0.29) is 35.9 Å². The van der Waals surface area contributed by atoms with Gasteiger partial charge in [0.15, 0.2) is 0 Å². The first-order valence-corrected chi connectivity index (χ1v) is 11.4. The third-order valence-electron chi connectivity index (χ3n) is 4.87. The number of azo groups is 2. The van der Waals surface area contributed by atoms with E-state index < -0.39 is 10.1 Å². The van der Waals surface area contributed by atoms with Gasteiger partial charge in [-0.05, 0) is 61.0 Å². The fraction of sp³-hybridized carbons (Fsp3) is 0.0833. The topological polar surface area (TPSA) is 113 Å². The van der Waals surface area contributed by atoms with Crippen LogP contribution < -0.4 is 34.3 Å². The zero-order valence-electron chi connectivity index (χ0n) is 19.9. The third kappa shape index (κ3) is 5.94. The van der Waals surface area contributed by atoms with Crippen molar-refractivity contribution in [2.45, 2.75) is 11.8 Å². The molecule has 0 aliphatic carbocycles. The van der Waals surface area contributed by atoms with Gasteiger partial charge in [0.1, 0.15) is 11.4 Å². The molecule has 4 aromatic carbocycles. The van der Waals surface area contributed by atoms with Gasteiger partial charge in [0.05, 0.1) is 29.1 Å². The summed E-state index contributed by atoms with van der Waals surface area (Å²) >= 11 is 0. The quantitative estimate of drug-likeness (QED) is 0.249. The predicted molar refractivity (Wildman–Crippen MR) is 127 cm³/mol. The van der Waals surface area contributed by atoms with Crippen LogP contribution in [0.4, 0.5) is 22.7 Å². The standard InChI is InChI=1S/C24H20N4O4S.Na.H/c1-16-8-13-24(32-2)23(14-16)28-27-21-11-12-22(26-25-17-6-4-3-5-7-17)20-15-18(33(29,30)31)9-10-19(20)21;;/h3-15H,1-2H3,(H,29,30,31);;/q;+1;-1. The van der Waals surface area contributed by atoms with Crippen molar-refractivity contribution in [1.29, 1.82) is 0 Å². The van der Waals surface area contributed by atoms with Crippen molar-refractivity contribution >= 4 is 43.6 Å². The summed E-state index contributed by atoms with van der Waals surface area (Å²) < 4.78 is 38.3. The fourth-order valence-corrected chi connectivity index (χ4v) is 3.73. The summed E-state index contributed by atoms with van der Waals surface area (Å²) in [5.74, 6) is 0.579. The molecule has 168 valence electrons. The minimum absolute atomic E-state index is 0. The van der Waals surface area contributed by atoms with E-state index in [1.165, 1.54) is 12.1 Å². The van der Waals surface area contributed by atoms with E-state index in [9.17, 15) is 13.0 Å². The van der Waals surface area contributed by atoms with Crippen molar-refractivity contribution in [2.24, 2.45) is 20.5 Å². The Bertz CT molecular complexity index is 1500. The molecule has 0 heterocycles. The Morgan fingerprint density at radius 2 is 1.41 bits per heavy atom. The molecule has 0 aromatic heterocycles. The molecule has 0 amide bonds. The number of fused-ring (bicyclic) bond motifs is 1. The van der Waals surface area contributed by atoms with E-state index >= 15 is 0 Å². The van der Waals surface area contributed by atoms with Crippen LogP contribution in [0.1, 0.15) is 6.99 Å². The van der Waals surface area contributed by atoms with Gasteiger partial charge in [-0.3, -0.25) is 4.55 Å². The van der Waals surface area contributed by atoms with Gasteiger partial charge in [-0.25, -0.2) is 0 Å². The molecule has 0 aliphatic heterocycles. The second-order valence-electron chi connectivity index (χ2n) is 7.20. The minimum atomic E-state index is -4.40. The summed E-state index contributed by atoms with van der Waals surface area (Å²) in [6, 6.07) is 22.3. The van der Waals surface area contributed by atoms with E-state index in [0.717, 1.165) is 5.56 Å². The molecule has 10 heteroatoms. The van der Waals surface area contributed by atoms with Gasteiger partial charge in [-0.2, -0.15) is 13.5 Å². The average molecular weight is 485 g/mol. The van der Waals surface area contributed by atoms with Crippen LogP contribution in [-0.2, 0) is 10.1 Å². The molecule has 0 unspecified atom stereocenters. The zero-order chi connectivity index (χ0) is 23.4. The number of nitrogens with zero attached hydrogens (tertiary/aromatic N) is 4. The van der Waals surface area contributed by atoms with Crippen LogP contribution in [0, 0.1) is 6.92 Å². The Morgan fingerprint density at radius 1 is 0.765 bits per heavy atom. The molecule has 0 bridgehead atoms. The van der Waals surface area contributed by atoms with E-state index in [1.807, 2.05) is 43.3 Å². The summed E-state index contributed by atoms with van der Waals surface area (Å²) in [5.41, 5.74) is 3.13. The Labute approximate surface area is 220 Å². The Morgan fingerprint density at radius 3 is 2.09 bits per heavy atom. The van der Waals surface area contributed by atoms with Crippen molar-refractivity contribution in [3.63, 3.8) is 0 Å². The number of rotatable bonds is 6. The molecule has 0 saturated carbocycles. The molecule has 34 heavy (non-hydrogen) atoms. The maximum absolute atomic E-state index is 11.7. The fourth-order valence-electron chi connectivity index (χ4n) is 3.22. The van der Waals surface area contributed by atoms with Crippen LogP contribution in [0.3, 0.4) is 0 Å². The molecular formula is C24H21N4NaO4S. The number of hydrogen-bond acceptors (Lipinski definition) is 7. The molecular weight excluding hydrogens is 463 g/mol. The maximum atomic E-state index is 11.7. The molecule has 0 aliphatic rings. The molecule has 0 atom stereocenters. The van der Waals surface area contributed by atoms with Gasteiger partial charge in [-0.15, -0.1) is 15.3 Å². The van der Waals surface area contributed by atoms with Crippen LogP contribution in [-0.4, -0.2) is 20.1 Å². The normalized spacial score (nSPS) is 11.7. The second-order valence-corrected chi connectivity index (χ2v) is 8.62. The Hall–Kier alpha value is -2.95. The second kappa shape index (κ2) is 11.0. The first kappa shape index (κ1) is 25.7.